The van der Waals surface area contributed by atoms with Gasteiger partial charge in [-0.3, -0.25) is 9.52 Å². The van der Waals surface area contributed by atoms with E-state index in [2.05, 4.69) is 30.2 Å². The van der Waals surface area contributed by atoms with Crippen LogP contribution < -0.4 is 20.0 Å². The van der Waals surface area contributed by atoms with Crippen molar-refractivity contribution in [3.63, 3.8) is 0 Å². The van der Waals surface area contributed by atoms with Crippen LogP contribution in [0.2, 0.25) is 0 Å². The fraction of sp³-hybridized carbons (Fsp3) is 0.472. The van der Waals surface area contributed by atoms with Gasteiger partial charge >= 0.3 is 6.18 Å². The molecular weight excluding hydrogens is 671 g/mol. The first-order valence-corrected chi connectivity index (χ1v) is 17.2. The summed E-state index contributed by atoms with van der Waals surface area (Å²) < 4.78 is 75.2. The highest BCUT2D eigenvalue weighted by atomic mass is 19.4. The summed E-state index contributed by atoms with van der Waals surface area (Å²) in [5, 5.41) is 9.26. The largest absolute Gasteiger partial charge is 0.494 e. The number of hydroxylamine groups is 1. The van der Waals surface area contributed by atoms with Gasteiger partial charge in [0.05, 0.1) is 31.6 Å². The molecule has 2 aromatic carbocycles. The van der Waals surface area contributed by atoms with E-state index in [1.165, 1.54) is 17.5 Å². The number of piperidine rings is 1. The lowest BCUT2D eigenvalue weighted by atomic mass is 9.94. The minimum atomic E-state index is -4.11. The van der Waals surface area contributed by atoms with Crippen LogP contribution in [0.15, 0.2) is 55.1 Å². The zero-order valence-corrected chi connectivity index (χ0v) is 28.5. The van der Waals surface area contributed by atoms with Crippen LogP contribution in [0.4, 0.5) is 45.0 Å². The van der Waals surface area contributed by atoms with Gasteiger partial charge in [-0.05, 0) is 49.8 Å². The van der Waals surface area contributed by atoms with Crippen molar-refractivity contribution in [3.8, 4) is 16.9 Å². The Kier molecular flexibility index (Phi) is 10.0. The van der Waals surface area contributed by atoms with Gasteiger partial charge in [0.2, 0.25) is 0 Å². The predicted octanol–water partition coefficient (Wildman–Crippen LogP) is 7.28. The Morgan fingerprint density at radius 1 is 1.00 bits per heavy atom. The number of hydrogen-bond donors (Lipinski definition) is 1. The van der Waals surface area contributed by atoms with Crippen LogP contribution in [0.1, 0.15) is 43.7 Å². The van der Waals surface area contributed by atoms with Crippen LogP contribution in [0, 0.1) is 23.5 Å². The van der Waals surface area contributed by atoms with Crippen LogP contribution in [-0.4, -0.2) is 77.3 Å². The number of ether oxygens (including phenoxy) is 1. The predicted molar refractivity (Wildman–Crippen MR) is 183 cm³/mol. The molecule has 0 radical (unpaired) electrons. The minimum absolute atomic E-state index is 0.189. The summed E-state index contributed by atoms with van der Waals surface area (Å²) in [6.07, 6.45) is 3.24. The maximum absolute atomic E-state index is 14.7. The summed E-state index contributed by atoms with van der Waals surface area (Å²) in [5.74, 6) is -0.310. The van der Waals surface area contributed by atoms with Crippen molar-refractivity contribution in [1.29, 1.82) is 0 Å². The number of benzene rings is 2. The smallest absolute Gasteiger partial charge is 0.389 e. The molecule has 1 N–H and O–H groups in total. The molecule has 0 amide bonds. The number of nitrogens with one attached hydrogen (secondary N) is 1. The number of aryl methyl sites for hydroxylation is 1. The average molecular weight is 713 g/mol. The maximum atomic E-state index is 14.7. The third kappa shape index (κ3) is 7.88. The third-order valence-electron chi connectivity index (χ3n) is 10.1. The van der Waals surface area contributed by atoms with E-state index in [0.29, 0.717) is 55.0 Å². The lowest BCUT2D eigenvalue weighted by molar-refractivity contribution is -0.143. The lowest BCUT2D eigenvalue weighted by Gasteiger charge is -2.36. The Hall–Kier alpha value is -4.50. The lowest BCUT2D eigenvalue weighted by Crippen LogP contribution is -2.38. The van der Waals surface area contributed by atoms with E-state index in [4.69, 9.17) is 9.57 Å². The summed E-state index contributed by atoms with van der Waals surface area (Å²) in [6.45, 7) is 3.97. The van der Waals surface area contributed by atoms with Crippen LogP contribution in [0.25, 0.3) is 11.1 Å². The van der Waals surface area contributed by atoms with Crippen molar-refractivity contribution in [2.75, 3.05) is 61.7 Å². The number of alkyl halides is 3. The molecule has 1 unspecified atom stereocenters. The molecule has 3 aliphatic heterocycles. The normalized spacial score (nSPS) is 20.4. The first-order chi connectivity index (χ1) is 24.5. The van der Waals surface area contributed by atoms with Gasteiger partial charge in [0.25, 0.3) is 0 Å². The molecule has 3 fully saturated rings. The second-order valence-electron chi connectivity index (χ2n) is 13.6. The highest BCUT2D eigenvalue weighted by Gasteiger charge is 2.36. The summed E-state index contributed by atoms with van der Waals surface area (Å²) in [6, 6.07) is 9.23. The molecule has 2 atom stereocenters. The molecule has 4 aromatic rings. The quantitative estimate of drug-likeness (QED) is 0.171. The summed E-state index contributed by atoms with van der Waals surface area (Å²) in [7, 11) is 3.46. The maximum Gasteiger partial charge on any atom is 0.389 e. The van der Waals surface area contributed by atoms with Gasteiger partial charge in [-0.15, -0.1) is 0 Å². The summed E-state index contributed by atoms with van der Waals surface area (Å²) in [5.41, 5.74) is 3.69. The van der Waals surface area contributed by atoms with E-state index in [0.717, 1.165) is 61.9 Å². The number of likely N-dealkylation sites (tertiary alicyclic amines) is 1. The Bertz CT molecular complexity index is 1830. The van der Waals surface area contributed by atoms with Crippen molar-refractivity contribution in [1.82, 2.24) is 24.6 Å². The first-order valence-electron chi connectivity index (χ1n) is 17.2. The topological polar surface area (TPSA) is 83.8 Å². The average Bonchev–Trinajstić information content (AvgIpc) is 3.87. The molecule has 0 saturated carbocycles. The molecule has 2 aromatic heterocycles. The molecule has 3 aliphatic rings. The molecule has 10 nitrogen and oxygen atoms in total. The minimum Gasteiger partial charge on any atom is -0.494 e. The standard InChI is InChI=1S/C36H41F5N8O2/c1-46-21-25(18-44-46)27-14-29(45-33-16-34(43-22-42-33)49-30(9-13-51-49)26-4-3-5-28(37)35(26)38)32(50-2)15-31(27)48-11-7-23(8-12-48)19-47-10-6-24(20-47)17-36(39,40)41/h3-5,14-16,18,21-24,30H,6-13,17,19-20H2,1-2H3,(H,42,43,45)/t24?,30-/m1/s1. The van der Waals surface area contributed by atoms with Crippen molar-refractivity contribution in [2.45, 2.75) is 44.3 Å². The van der Waals surface area contributed by atoms with Crippen LogP contribution in [0.5, 0.6) is 5.75 Å². The van der Waals surface area contributed by atoms with E-state index in [1.54, 1.807) is 23.9 Å². The van der Waals surface area contributed by atoms with Gasteiger partial charge in [0.15, 0.2) is 17.5 Å². The van der Waals surface area contributed by atoms with Gasteiger partial charge < -0.3 is 19.9 Å². The van der Waals surface area contributed by atoms with Crippen molar-refractivity contribution in [3.05, 3.63) is 72.3 Å². The van der Waals surface area contributed by atoms with Crippen LogP contribution in [-0.2, 0) is 11.9 Å². The van der Waals surface area contributed by atoms with Crippen molar-refractivity contribution >= 4 is 23.0 Å². The fourth-order valence-corrected chi connectivity index (χ4v) is 7.61. The molecule has 7 rings (SSSR count). The van der Waals surface area contributed by atoms with Gasteiger partial charge in [-0.1, -0.05) is 12.1 Å². The Morgan fingerprint density at radius 2 is 1.80 bits per heavy atom. The second-order valence-corrected chi connectivity index (χ2v) is 13.6. The molecule has 0 aliphatic carbocycles. The van der Waals surface area contributed by atoms with Crippen molar-refractivity contribution < 1.29 is 31.5 Å². The van der Waals surface area contributed by atoms with E-state index in [-0.39, 0.29) is 11.5 Å². The Balaban J connectivity index is 1.09. The van der Waals surface area contributed by atoms with E-state index < -0.39 is 30.3 Å². The number of methoxy groups -OCH3 is 1. The second kappa shape index (κ2) is 14.6. The molecule has 51 heavy (non-hydrogen) atoms. The zero-order valence-electron chi connectivity index (χ0n) is 28.5. The number of hydrogen-bond acceptors (Lipinski definition) is 9. The number of nitrogens with zero attached hydrogens (tertiary/aromatic N) is 7. The zero-order chi connectivity index (χ0) is 35.7. The molecule has 5 heterocycles. The van der Waals surface area contributed by atoms with Gasteiger partial charge in [0, 0.05) is 86.8 Å². The Morgan fingerprint density at radius 3 is 2.55 bits per heavy atom. The van der Waals surface area contributed by atoms with Gasteiger partial charge in [0.1, 0.15) is 17.9 Å². The van der Waals surface area contributed by atoms with Gasteiger partial charge in [-0.2, -0.15) is 18.3 Å². The number of aromatic nitrogens is 4. The summed E-state index contributed by atoms with van der Waals surface area (Å²) >= 11 is 0. The number of halogens is 5. The highest BCUT2D eigenvalue weighted by Crippen LogP contribution is 2.42. The first kappa shape index (κ1) is 34.9. The summed E-state index contributed by atoms with van der Waals surface area (Å²) in [4.78, 5) is 19.2. The molecule has 0 bridgehead atoms. The van der Waals surface area contributed by atoms with Crippen LogP contribution in [0.3, 0.4) is 0 Å². The van der Waals surface area contributed by atoms with E-state index in [9.17, 15) is 22.0 Å². The highest BCUT2D eigenvalue weighted by molar-refractivity contribution is 5.85. The van der Waals surface area contributed by atoms with Crippen LogP contribution >= 0.6 is 0 Å². The van der Waals surface area contributed by atoms with E-state index >= 15 is 0 Å². The number of anilines is 4. The molecule has 3 saturated heterocycles. The molecular formula is C36H41F5N8O2. The molecule has 0 spiro atoms. The monoisotopic (exact) mass is 712 g/mol. The Labute approximate surface area is 293 Å². The van der Waals surface area contributed by atoms with Gasteiger partial charge in [-0.25, -0.2) is 23.8 Å². The van der Waals surface area contributed by atoms with Crippen molar-refractivity contribution in [2.24, 2.45) is 18.9 Å². The SMILES string of the molecule is COc1cc(N2CCC(CN3CCC(CC(F)(F)F)C3)CC2)c(-c2cnn(C)c2)cc1Nc1cc(N2OCC[C@@H]2c2cccc(F)c2F)ncn1. The third-order valence-corrected chi connectivity index (χ3v) is 10.1. The van der Waals surface area contributed by atoms with E-state index in [1.807, 2.05) is 31.6 Å². The molecule has 15 heteroatoms. The molecule has 272 valence electrons. The number of rotatable bonds is 10. The fourth-order valence-electron chi connectivity index (χ4n) is 7.61.